The number of nitrogen functional groups attached to an aromatic ring is 1. The van der Waals surface area contributed by atoms with E-state index in [0.29, 0.717) is 23.9 Å². The van der Waals surface area contributed by atoms with E-state index in [0.717, 1.165) is 3.79 Å². The molecule has 7 heteroatoms. The average Bonchev–Trinajstić information content (AvgIpc) is 2.72. The molecule has 0 bridgehead atoms. The molecular weight excluding hydrogens is 304 g/mol. The lowest BCUT2D eigenvalue weighted by molar-refractivity contribution is 0.415. The molecule has 0 radical (unpaired) electrons. The summed E-state index contributed by atoms with van der Waals surface area (Å²) in [6.07, 6.45) is 1.41. The number of hydrogen-bond donors (Lipinski definition) is 2. The SMILES string of the molecule is COc1c(N)ncnc1NCc1ccc(Br)s1. The van der Waals surface area contributed by atoms with Crippen molar-refractivity contribution in [3.05, 3.63) is 27.1 Å². The first kappa shape index (κ1) is 12.1. The quantitative estimate of drug-likeness (QED) is 0.907. The number of rotatable bonds is 4. The standard InChI is InChI=1S/C10H11BrN4OS/c1-16-8-9(12)14-5-15-10(8)13-4-6-2-3-7(11)17-6/h2-3,5H,4H2,1H3,(H3,12,13,14,15). The summed E-state index contributed by atoms with van der Waals surface area (Å²) in [5.41, 5.74) is 5.68. The highest BCUT2D eigenvalue weighted by atomic mass is 79.9. The Morgan fingerprint density at radius 3 is 2.94 bits per heavy atom. The lowest BCUT2D eigenvalue weighted by Gasteiger charge is -2.09. The Morgan fingerprint density at radius 1 is 1.47 bits per heavy atom. The Labute approximate surface area is 111 Å². The molecule has 0 saturated carbocycles. The Balaban J connectivity index is 2.11. The van der Waals surface area contributed by atoms with Gasteiger partial charge in [-0.3, -0.25) is 0 Å². The van der Waals surface area contributed by atoms with Gasteiger partial charge in [0.1, 0.15) is 6.33 Å². The molecular formula is C10H11BrN4OS. The van der Waals surface area contributed by atoms with E-state index in [4.69, 9.17) is 10.5 Å². The number of halogens is 1. The Kier molecular flexibility index (Phi) is 3.80. The number of ether oxygens (including phenoxy) is 1. The molecule has 0 fully saturated rings. The van der Waals surface area contributed by atoms with Crippen LogP contribution in [0.1, 0.15) is 4.88 Å². The zero-order valence-corrected chi connectivity index (χ0v) is 11.5. The molecule has 90 valence electrons. The molecule has 0 aliphatic rings. The molecule has 0 aliphatic heterocycles. The van der Waals surface area contributed by atoms with Crippen LogP contribution in [-0.4, -0.2) is 17.1 Å². The Morgan fingerprint density at radius 2 is 2.29 bits per heavy atom. The van der Waals surface area contributed by atoms with Gasteiger partial charge in [0.2, 0.25) is 5.75 Å². The largest absolute Gasteiger partial charge is 0.490 e. The van der Waals surface area contributed by atoms with Gasteiger partial charge in [-0.05, 0) is 28.1 Å². The zero-order valence-electron chi connectivity index (χ0n) is 9.11. The van der Waals surface area contributed by atoms with Gasteiger partial charge in [-0.25, -0.2) is 9.97 Å². The Bertz CT molecular complexity index is 517. The van der Waals surface area contributed by atoms with Crippen LogP contribution in [0, 0.1) is 0 Å². The molecule has 2 rings (SSSR count). The van der Waals surface area contributed by atoms with Gasteiger partial charge < -0.3 is 15.8 Å². The van der Waals surface area contributed by atoms with Crippen molar-refractivity contribution < 1.29 is 4.74 Å². The molecule has 3 N–H and O–H groups in total. The molecule has 0 aromatic carbocycles. The van der Waals surface area contributed by atoms with Gasteiger partial charge in [-0.15, -0.1) is 11.3 Å². The summed E-state index contributed by atoms with van der Waals surface area (Å²) in [4.78, 5) is 9.16. The van der Waals surface area contributed by atoms with E-state index in [1.807, 2.05) is 12.1 Å². The molecule has 5 nitrogen and oxygen atoms in total. The second kappa shape index (κ2) is 5.33. The van der Waals surface area contributed by atoms with Crippen LogP contribution in [0.4, 0.5) is 11.6 Å². The molecule has 0 unspecified atom stereocenters. The van der Waals surface area contributed by atoms with Crippen LogP contribution >= 0.6 is 27.3 Å². The normalized spacial score (nSPS) is 10.2. The number of nitrogens with two attached hydrogens (primary N) is 1. The van der Waals surface area contributed by atoms with E-state index in [1.54, 1.807) is 18.4 Å². The summed E-state index contributed by atoms with van der Waals surface area (Å²) < 4.78 is 6.25. The van der Waals surface area contributed by atoms with Gasteiger partial charge in [-0.2, -0.15) is 0 Å². The maximum absolute atomic E-state index is 5.68. The highest BCUT2D eigenvalue weighted by molar-refractivity contribution is 9.11. The van der Waals surface area contributed by atoms with Crippen LogP contribution < -0.4 is 15.8 Å². The van der Waals surface area contributed by atoms with Gasteiger partial charge >= 0.3 is 0 Å². The topological polar surface area (TPSA) is 73.1 Å². The van der Waals surface area contributed by atoms with E-state index < -0.39 is 0 Å². The number of nitrogens with one attached hydrogen (secondary N) is 1. The van der Waals surface area contributed by atoms with Crippen molar-refractivity contribution in [1.29, 1.82) is 0 Å². The minimum atomic E-state index is 0.331. The number of hydrogen-bond acceptors (Lipinski definition) is 6. The third-order valence-electron chi connectivity index (χ3n) is 2.09. The van der Waals surface area contributed by atoms with Crippen molar-refractivity contribution >= 4 is 38.9 Å². The molecule has 2 aromatic heterocycles. The lowest BCUT2D eigenvalue weighted by Crippen LogP contribution is -2.05. The van der Waals surface area contributed by atoms with Gasteiger partial charge in [0.15, 0.2) is 11.6 Å². The molecule has 17 heavy (non-hydrogen) atoms. The summed E-state index contributed by atoms with van der Waals surface area (Å²) >= 11 is 5.08. The first-order valence-electron chi connectivity index (χ1n) is 4.83. The van der Waals surface area contributed by atoms with E-state index in [2.05, 4.69) is 31.2 Å². The maximum atomic E-state index is 5.68. The summed E-state index contributed by atoms with van der Waals surface area (Å²) in [7, 11) is 1.54. The van der Waals surface area contributed by atoms with Crippen molar-refractivity contribution in [1.82, 2.24) is 9.97 Å². The van der Waals surface area contributed by atoms with Gasteiger partial charge in [0.25, 0.3) is 0 Å². The predicted octanol–water partition coefficient (Wildman–Crippen LogP) is 2.50. The fraction of sp³-hybridized carbons (Fsp3) is 0.200. The number of nitrogens with zero attached hydrogens (tertiary/aromatic N) is 2. The molecule has 0 amide bonds. The molecule has 2 heterocycles. The number of methoxy groups -OCH3 is 1. The lowest BCUT2D eigenvalue weighted by atomic mass is 10.4. The second-order valence-electron chi connectivity index (χ2n) is 3.20. The average molecular weight is 315 g/mol. The summed E-state index contributed by atoms with van der Waals surface area (Å²) in [5.74, 6) is 1.41. The summed E-state index contributed by atoms with van der Waals surface area (Å²) in [6, 6.07) is 4.05. The van der Waals surface area contributed by atoms with E-state index >= 15 is 0 Å². The van der Waals surface area contributed by atoms with E-state index in [9.17, 15) is 0 Å². The van der Waals surface area contributed by atoms with Crippen LogP contribution in [0.3, 0.4) is 0 Å². The molecule has 0 atom stereocenters. The molecule has 0 aliphatic carbocycles. The van der Waals surface area contributed by atoms with E-state index in [1.165, 1.54) is 11.2 Å². The smallest absolute Gasteiger partial charge is 0.203 e. The van der Waals surface area contributed by atoms with Gasteiger partial charge in [0, 0.05) is 4.88 Å². The van der Waals surface area contributed by atoms with E-state index in [-0.39, 0.29) is 0 Å². The first-order valence-corrected chi connectivity index (χ1v) is 6.44. The maximum Gasteiger partial charge on any atom is 0.203 e. The number of anilines is 2. The first-order chi connectivity index (χ1) is 8.20. The Hall–Kier alpha value is -1.34. The minimum Gasteiger partial charge on any atom is -0.490 e. The summed E-state index contributed by atoms with van der Waals surface area (Å²) in [6.45, 7) is 0.670. The van der Waals surface area contributed by atoms with Gasteiger partial charge in [0.05, 0.1) is 17.4 Å². The van der Waals surface area contributed by atoms with Crippen LogP contribution in [-0.2, 0) is 6.54 Å². The molecule has 0 saturated heterocycles. The van der Waals surface area contributed by atoms with Crippen LogP contribution in [0.2, 0.25) is 0 Å². The summed E-state index contributed by atoms with van der Waals surface area (Å²) in [5, 5.41) is 3.17. The monoisotopic (exact) mass is 314 g/mol. The zero-order chi connectivity index (χ0) is 12.3. The second-order valence-corrected chi connectivity index (χ2v) is 5.75. The predicted molar refractivity (Wildman–Crippen MR) is 72.3 cm³/mol. The van der Waals surface area contributed by atoms with Crippen LogP contribution in [0.15, 0.2) is 22.2 Å². The molecule has 0 spiro atoms. The fourth-order valence-corrected chi connectivity index (χ4v) is 2.76. The van der Waals surface area contributed by atoms with Crippen molar-refractivity contribution in [3.8, 4) is 5.75 Å². The number of thiophene rings is 1. The number of aromatic nitrogens is 2. The van der Waals surface area contributed by atoms with Crippen molar-refractivity contribution in [2.24, 2.45) is 0 Å². The third kappa shape index (κ3) is 2.86. The van der Waals surface area contributed by atoms with Crippen molar-refractivity contribution in [3.63, 3.8) is 0 Å². The van der Waals surface area contributed by atoms with Crippen molar-refractivity contribution in [2.45, 2.75) is 6.54 Å². The third-order valence-corrected chi connectivity index (χ3v) is 3.72. The van der Waals surface area contributed by atoms with Crippen LogP contribution in [0.25, 0.3) is 0 Å². The van der Waals surface area contributed by atoms with Crippen LogP contribution in [0.5, 0.6) is 5.75 Å². The van der Waals surface area contributed by atoms with Gasteiger partial charge in [-0.1, -0.05) is 0 Å². The molecule has 2 aromatic rings. The fourth-order valence-electron chi connectivity index (χ4n) is 1.33. The van der Waals surface area contributed by atoms with Crippen molar-refractivity contribution in [2.75, 3.05) is 18.2 Å². The highest BCUT2D eigenvalue weighted by Gasteiger charge is 2.09. The minimum absolute atomic E-state index is 0.331. The highest BCUT2D eigenvalue weighted by Crippen LogP contribution is 2.28.